The number of carbonyl (C=O) groups is 1. The van der Waals surface area contributed by atoms with Crippen LogP contribution in [-0.4, -0.2) is 25.2 Å². The Balaban J connectivity index is 1.55. The highest BCUT2D eigenvalue weighted by Gasteiger charge is 2.19. The van der Waals surface area contributed by atoms with E-state index in [1.807, 2.05) is 67.6 Å². The van der Waals surface area contributed by atoms with E-state index in [2.05, 4.69) is 25.2 Å². The van der Waals surface area contributed by atoms with E-state index in [1.165, 1.54) is 5.56 Å². The van der Waals surface area contributed by atoms with E-state index in [0.29, 0.717) is 25.5 Å². The first-order valence-corrected chi connectivity index (χ1v) is 10.2. The van der Waals surface area contributed by atoms with Gasteiger partial charge in [-0.3, -0.25) is 4.79 Å². The largest absolute Gasteiger partial charge is 0.491 e. The lowest BCUT2D eigenvalue weighted by Crippen LogP contribution is -2.39. The van der Waals surface area contributed by atoms with Gasteiger partial charge in [-0.05, 0) is 35.4 Å². The normalized spacial score (nSPS) is 12.0. The van der Waals surface area contributed by atoms with Crippen LogP contribution >= 0.6 is 0 Å². The Labute approximate surface area is 172 Å². The molecule has 0 saturated heterocycles. The second-order valence-electron chi connectivity index (χ2n) is 7.32. The van der Waals surface area contributed by atoms with Crippen LogP contribution in [0.15, 0.2) is 66.7 Å². The summed E-state index contributed by atoms with van der Waals surface area (Å²) in [4.78, 5) is 12.6. The summed E-state index contributed by atoms with van der Waals surface area (Å²) in [5.41, 5.74) is 1.17. The molecule has 0 saturated carbocycles. The summed E-state index contributed by atoms with van der Waals surface area (Å²) >= 11 is 0. The highest BCUT2D eigenvalue weighted by atomic mass is 16.5. The fourth-order valence-electron chi connectivity index (χ4n) is 3.31. The van der Waals surface area contributed by atoms with Gasteiger partial charge in [0.15, 0.2) is 6.10 Å². The molecule has 3 rings (SSSR count). The molecule has 1 amide bonds. The SMILES string of the molecule is CCC(Oc1cccc2ccccc12)C(=O)NCCOc1ccccc1C(C)C. The minimum Gasteiger partial charge on any atom is -0.491 e. The molecule has 0 heterocycles. The maximum Gasteiger partial charge on any atom is 0.261 e. The zero-order valence-corrected chi connectivity index (χ0v) is 17.4. The number of amides is 1. The van der Waals surface area contributed by atoms with E-state index in [-0.39, 0.29) is 5.91 Å². The third kappa shape index (κ3) is 5.29. The monoisotopic (exact) mass is 391 g/mol. The van der Waals surface area contributed by atoms with E-state index in [0.717, 1.165) is 22.3 Å². The standard InChI is InChI=1S/C25H29NO3/c1-4-22(29-24-15-9-11-19-10-5-6-13-21(19)24)25(27)26-16-17-28-23-14-8-7-12-20(23)18(2)3/h5-15,18,22H,4,16-17H2,1-3H3,(H,26,27). The highest BCUT2D eigenvalue weighted by Crippen LogP contribution is 2.27. The molecule has 0 bridgehead atoms. The number of benzene rings is 3. The molecule has 0 spiro atoms. The minimum atomic E-state index is -0.538. The molecular weight excluding hydrogens is 362 g/mol. The lowest BCUT2D eigenvalue weighted by Gasteiger charge is -2.19. The number of para-hydroxylation sites is 1. The summed E-state index contributed by atoms with van der Waals surface area (Å²) in [5.74, 6) is 1.86. The quantitative estimate of drug-likeness (QED) is 0.503. The van der Waals surface area contributed by atoms with Crippen LogP contribution in [0.25, 0.3) is 10.8 Å². The third-order valence-electron chi connectivity index (χ3n) is 4.88. The van der Waals surface area contributed by atoms with Gasteiger partial charge in [0.1, 0.15) is 18.1 Å². The van der Waals surface area contributed by atoms with E-state index < -0.39 is 6.10 Å². The molecule has 152 valence electrons. The fourth-order valence-corrected chi connectivity index (χ4v) is 3.31. The van der Waals surface area contributed by atoms with Crippen LogP contribution in [0.2, 0.25) is 0 Å². The molecule has 29 heavy (non-hydrogen) atoms. The summed E-state index contributed by atoms with van der Waals surface area (Å²) in [6.07, 6.45) is 0.0512. The molecule has 0 aliphatic rings. The van der Waals surface area contributed by atoms with Crippen LogP contribution in [0.1, 0.15) is 38.7 Å². The zero-order valence-electron chi connectivity index (χ0n) is 17.4. The van der Waals surface area contributed by atoms with Crippen LogP contribution in [0.4, 0.5) is 0 Å². The molecule has 1 unspecified atom stereocenters. The lowest BCUT2D eigenvalue weighted by atomic mass is 10.0. The maximum atomic E-state index is 12.6. The smallest absolute Gasteiger partial charge is 0.261 e. The van der Waals surface area contributed by atoms with Gasteiger partial charge in [-0.2, -0.15) is 0 Å². The number of fused-ring (bicyclic) bond motifs is 1. The van der Waals surface area contributed by atoms with Crippen molar-refractivity contribution < 1.29 is 14.3 Å². The lowest BCUT2D eigenvalue weighted by molar-refractivity contribution is -0.128. The first kappa shape index (κ1) is 20.7. The van der Waals surface area contributed by atoms with Gasteiger partial charge in [0.2, 0.25) is 0 Å². The first-order chi connectivity index (χ1) is 14.1. The zero-order chi connectivity index (χ0) is 20.6. The van der Waals surface area contributed by atoms with Gasteiger partial charge in [-0.1, -0.05) is 75.4 Å². The van der Waals surface area contributed by atoms with E-state index in [1.54, 1.807) is 0 Å². The van der Waals surface area contributed by atoms with Crippen molar-refractivity contribution in [2.45, 2.75) is 39.2 Å². The van der Waals surface area contributed by atoms with Gasteiger partial charge < -0.3 is 14.8 Å². The van der Waals surface area contributed by atoms with Gasteiger partial charge in [-0.15, -0.1) is 0 Å². The third-order valence-corrected chi connectivity index (χ3v) is 4.88. The second kappa shape index (κ2) is 9.97. The van der Waals surface area contributed by atoms with E-state index in [4.69, 9.17) is 9.47 Å². The van der Waals surface area contributed by atoms with Crippen molar-refractivity contribution in [3.8, 4) is 11.5 Å². The molecule has 0 fully saturated rings. The van der Waals surface area contributed by atoms with Gasteiger partial charge in [0.25, 0.3) is 5.91 Å². The van der Waals surface area contributed by atoms with Gasteiger partial charge in [0.05, 0.1) is 6.54 Å². The van der Waals surface area contributed by atoms with Crippen molar-refractivity contribution in [3.05, 3.63) is 72.3 Å². The van der Waals surface area contributed by atoms with Gasteiger partial charge in [-0.25, -0.2) is 0 Å². The predicted octanol–water partition coefficient (Wildman–Crippen LogP) is 5.32. The molecule has 4 heteroatoms. The van der Waals surface area contributed by atoms with Crippen LogP contribution in [0.5, 0.6) is 11.5 Å². The summed E-state index contributed by atoms with van der Waals surface area (Å²) < 4.78 is 11.9. The summed E-state index contributed by atoms with van der Waals surface area (Å²) in [7, 11) is 0. The molecule has 0 radical (unpaired) electrons. The van der Waals surface area contributed by atoms with Crippen molar-refractivity contribution in [2.75, 3.05) is 13.2 Å². The fraction of sp³-hybridized carbons (Fsp3) is 0.320. The average Bonchev–Trinajstić information content (AvgIpc) is 2.75. The Morgan fingerprint density at radius 3 is 2.41 bits per heavy atom. The van der Waals surface area contributed by atoms with Crippen LogP contribution in [0, 0.1) is 0 Å². The molecule has 1 N–H and O–H groups in total. The van der Waals surface area contributed by atoms with Crippen LogP contribution < -0.4 is 14.8 Å². The van der Waals surface area contributed by atoms with E-state index >= 15 is 0 Å². The van der Waals surface area contributed by atoms with Crippen molar-refractivity contribution >= 4 is 16.7 Å². The Morgan fingerprint density at radius 1 is 0.931 bits per heavy atom. The molecule has 0 aromatic heterocycles. The topological polar surface area (TPSA) is 47.6 Å². The Morgan fingerprint density at radius 2 is 1.62 bits per heavy atom. The molecule has 1 atom stereocenters. The first-order valence-electron chi connectivity index (χ1n) is 10.2. The summed E-state index contributed by atoms with van der Waals surface area (Å²) in [6.45, 7) is 7.08. The Bertz CT molecular complexity index is 946. The number of hydrogen-bond acceptors (Lipinski definition) is 3. The van der Waals surface area contributed by atoms with Crippen molar-refractivity contribution in [1.82, 2.24) is 5.32 Å². The average molecular weight is 392 g/mol. The number of nitrogens with one attached hydrogen (secondary N) is 1. The Hall–Kier alpha value is -3.01. The molecule has 3 aromatic rings. The molecular formula is C25H29NO3. The number of rotatable bonds is 9. The number of ether oxygens (including phenoxy) is 2. The van der Waals surface area contributed by atoms with E-state index in [9.17, 15) is 4.79 Å². The number of hydrogen-bond donors (Lipinski definition) is 1. The second-order valence-corrected chi connectivity index (χ2v) is 7.32. The molecule has 0 aliphatic heterocycles. The Kier molecular flexibility index (Phi) is 7.12. The number of carbonyl (C=O) groups excluding carboxylic acids is 1. The summed E-state index contributed by atoms with van der Waals surface area (Å²) in [5, 5.41) is 5.04. The maximum absolute atomic E-state index is 12.6. The molecule has 4 nitrogen and oxygen atoms in total. The molecule has 3 aromatic carbocycles. The minimum absolute atomic E-state index is 0.124. The van der Waals surface area contributed by atoms with Gasteiger partial charge >= 0.3 is 0 Å². The van der Waals surface area contributed by atoms with Crippen molar-refractivity contribution in [3.63, 3.8) is 0 Å². The molecule has 0 aliphatic carbocycles. The highest BCUT2D eigenvalue weighted by molar-refractivity contribution is 5.89. The van der Waals surface area contributed by atoms with Crippen molar-refractivity contribution in [2.24, 2.45) is 0 Å². The predicted molar refractivity (Wildman–Crippen MR) is 118 cm³/mol. The van der Waals surface area contributed by atoms with Crippen LogP contribution in [0.3, 0.4) is 0 Å². The summed E-state index contributed by atoms with van der Waals surface area (Å²) in [6, 6.07) is 21.9. The van der Waals surface area contributed by atoms with Crippen LogP contribution in [-0.2, 0) is 4.79 Å². The van der Waals surface area contributed by atoms with Crippen molar-refractivity contribution in [1.29, 1.82) is 0 Å². The van der Waals surface area contributed by atoms with Gasteiger partial charge in [0, 0.05) is 5.39 Å².